The van der Waals surface area contributed by atoms with Crippen LogP contribution in [0.2, 0.25) is 0 Å². The summed E-state index contributed by atoms with van der Waals surface area (Å²) in [5.41, 5.74) is 1.21. The van der Waals surface area contributed by atoms with Gasteiger partial charge in [0.05, 0.1) is 10.7 Å². The Hall–Kier alpha value is -1.43. The van der Waals surface area contributed by atoms with Crippen LogP contribution in [0.3, 0.4) is 0 Å². The molecule has 2 amide bonds. The Balaban J connectivity index is 0.990. The summed E-state index contributed by atoms with van der Waals surface area (Å²) in [5, 5.41) is 7.34. The molecule has 4 saturated carbocycles. The molecule has 1 aromatic rings. The van der Waals surface area contributed by atoms with Gasteiger partial charge in [-0.15, -0.1) is 11.3 Å². The maximum absolute atomic E-state index is 12.9. The first-order valence-corrected chi connectivity index (χ1v) is 12.9. The lowest BCUT2D eigenvalue weighted by Gasteiger charge is -2.55. The van der Waals surface area contributed by atoms with Crippen LogP contribution in [0.4, 0.5) is 0 Å². The summed E-state index contributed by atoms with van der Waals surface area (Å²) < 4.78 is 0. The van der Waals surface area contributed by atoms with Crippen LogP contribution in [0.1, 0.15) is 79.8 Å². The molecule has 0 atom stereocenters. The lowest BCUT2D eigenvalue weighted by Crippen LogP contribution is -2.53. The Morgan fingerprint density at radius 3 is 2.37 bits per heavy atom. The minimum atomic E-state index is -0.113. The third-order valence-electron chi connectivity index (χ3n) is 7.94. The van der Waals surface area contributed by atoms with Gasteiger partial charge in [-0.25, -0.2) is 4.98 Å². The first kappa shape index (κ1) is 20.5. The van der Waals surface area contributed by atoms with Gasteiger partial charge in [0.1, 0.15) is 0 Å². The van der Waals surface area contributed by atoms with Crippen molar-refractivity contribution in [2.45, 2.75) is 83.5 Å². The van der Waals surface area contributed by atoms with E-state index in [4.69, 9.17) is 4.98 Å². The summed E-state index contributed by atoms with van der Waals surface area (Å²) in [6.07, 6.45) is 14.4. The molecule has 30 heavy (non-hydrogen) atoms. The second-order valence-electron chi connectivity index (χ2n) is 10.3. The molecule has 6 rings (SSSR count). The fourth-order valence-electron chi connectivity index (χ4n) is 6.93. The van der Waals surface area contributed by atoms with E-state index in [0.717, 1.165) is 56.3 Å². The highest BCUT2D eigenvalue weighted by Crippen LogP contribution is 2.60. The fraction of sp³-hybridized carbons (Fsp3) is 0.792. The number of carbonyl (C=O) groups excluding carboxylic acids is 2. The van der Waals surface area contributed by atoms with Crippen molar-refractivity contribution in [1.29, 1.82) is 0 Å². The Morgan fingerprint density at radius 1 is 0.967 bits per heavy atom. The number of nitrogens with zero attached hydrogens (tertiary/aromatic N) is 1. The number of aromatic nitrogens is 1. The Labute approximate surface area is 183 Å². The van der Waals surface area contributed by atoms with Crippen molar-refractivity contribution in [3.63, 3.8) is 0 Å². The SMILES string of the molecule is O=C(CCNC(=O)C12CC3CC(CC(C3)C1)C2)NCCCc1nc2c(s1)CCCC2. The van der Waals surface area contributed by atoms with Gasteiger partial charge in [-0.3, -0.25) is 9.59 Å². The summed E-state index contributed by atoms with van der Waals surface area (Å²) in [5.74, 6) is 2.58. The normalized spacial score (nSPS) is 31.4. The van der Waals surface area contributed by atoms with Crippen LogP contribution in [0.5, 0.6) is 0 Å². The van der Waals surface area contributed by atoms with Crippen molar-refractivity contribution >= 4 is 23.2 Å². The van der Waals surface area contributed by atoms with E-state index in [1.54, 1.807) is 0 Å². The van der Waals surface area contributed by atoms with E-state index in [-0.39, 0.29) is 17.2 Å². The van der Waals surface area contributed by atoms with Crippen LogP contribution in [0.15, 0.2) is 0 Å². The van der Waals surface area contributed by atoms with Gasteiger partial charge in [0.15, 0.2) is 0 Å². The standard InChI is InChI=1S/C24H35N3O2S/c28-21(25-8-3-6-22-27-19-4-1-2-5-20(19)30-22)7-9-26-23(29)24-13-16-10-17(14-24)12-18(11-16)15-24/h16-18H,1-15H2,(H,25,28)(H,26,29). The first-order valence-electron chi connectivity index (χ1n) is 12.1. The quantitative estimate of drug-likeness (QED) is 0.618. The van der Waals surface area contributed by atoms with Crippen molar-refractivity contribution in [2.75, 3.05) is 13.1 Å². The number of amides is 2. The Kier molecular flexibility index (Phi) is 5.87. The number of aryl methyl sites for hydroxylation is 3. The average molecular weight is 430 g/mol. The zero-order valence-corrected chi connectivity index (χ0v) is 18.8. The Bertz CT molecular complexity index is 744. The molecule has 6 heteroatoms. The molecule has 5 aliphatic rings. The lowest BCUT2D eigenvalue weighted by molar-refractivity contribution is -0.146. The van der Waals surface area contributed by atoms with Crippen LogP contribution < -0.4 is 10.6 Å². The van der Waals surface area contributed by atoms with Gasteiger partial charge in [0.25, 0.3) is 0 Å². The molecule has 5 aliphatic carbocycles. The summed E-state index contributed by atoms with van der Waals surface area (Å²) in [6.45, 7) is 1.15. The maximum atomic E-state index is 12.9. The van der Waals surface area contributed by atoms with Crippen molar-refractivity contribution in [3.05, 3.63) is 15.6 Å². The summed E-state index contributed by atoms with van der Waals surface area (Å²) >= 11 is 1.86. The van der Waals surface area contributed by atoms with E-state index < -0.39 is 0 Å². The van der Waals surface area contributed by atoms with Crippen molar-refractivity contribution in [2.24, 2.45) is 23.2 Å². The van der Waals surface area contributed by atoms with E-state index >= 15 is 0 Å². The van der Waals surface area contributed by atoms with Gasteiger partial charge in [0, 0.05) is 36.2 Å². The molecule has 1 heterocycles. The molecule has 0 aliphatic heterocycles. The van der Waals surface area contributed by atoms with Crippen LogP contribution in [-0.4, -0.2) is 29.9 Å². The van der Waals surface area contributed by atoms with Crippen LogP contribution >= 0.6 is 11.3 Å². The van der Waals surface area contributed by atoms with Gasteiger partial charge < -0.3 is 10.6 Å². The molecule has 0 unspecified atom stereocenters. The second-order valence-corrected chi connectivity index (χ2v) is 11.5. The van der Waals surface area contributed by atoms with Gasteiger partial charge in [0.2, 0.25) is 11.8 Å². The van der Waals surface area contributed by atoms with Crippen LogP contribution in [0, 0.1) is 23.2 Å². The zero-order chi connectivity index (χ0) is 20.6. The molecule has 5 nitrogen and oxygen atoms in total. The predicted octanol–water partition coefficient (Wildman–Crippen LogP) is 3.79. The van der Waals surface area contributed by atoms with Crippen molar-refractivity contribution in [3.8, 4) is 0 Å². The highest BCUT2D eigenvalue weighted by Gasteiger charge is 2.54. The number of hydrogen-bond donors (Lipinski definition) is 2. The fourth-order valence-corrected chi connectivity index (χ4v) is 8.13. The topological polar surface area (TPSA) is 71.1 Å². The molecule has 4 bridgehead atoms. The monoisotopic (exact) mass is 429 g/mol. The number of carbonyl (C=O) groups is 2. The third-order valence-corrected chi connectivity index (χ3v) is 9.15. The molecule has 0 saturated heterocycles. The van der Waals surface area contributed by atoms with Gasteiger partial charge in [-0.05, 0) is 88.4 Å². The number of fused-ring (bicyclic) bond motifs is 1. The second kappa shape index (κ2) is 8.60. The molecule has 0 radical (unpaired) electrons. The smallest absolute Gasteiger partial charge is 0.226 e. The molecule has 2 N–H and O–H groups in total. The molecule has 0 spiro atoms. The predicted molar refractivity (Wildman–Crippen MR) is 118 cm³/mol. The molecule has 4 fully saturated rings. The highest BCUT2D eigenvalue weighted by molar-refractivity contribution is 7.11. The molecule has 0 aromatic carbocycles. The van der Waals surface area contributed by atoms with E-state index in [9.17, 15) is 9.59 Å². The molecule has 1 aromatic heterocycles. The van der Waals surface area contributed by atoms with Crippen LogP contribution in [0.25, 0.3) is 0 Å². The van der Waals surface area contributed by atoms with Gasteiger partial charge in [-0.2, -0.15) is 0 Å². The number of nitrogens with one attached hydrogen (secondary N) is 2. The highest BCUT2D eigenvalue weighted by atomic mass is 32.1. The van der Waals surface area contributed by atoms with E-state index in [1.807, 2.05) is 11.3 Å². The summed E-state index contributed by atoms with van der Waals surface area (Å²) in [4.78, 5) is 31.4. The maximum Gasteiger partial charge on any atom is 0.226 e. The van der Waals surface area contributed by atoms with Crippen molar-refractivity contribution in [1.82, 2.24) is 15.6 Å². The molecular weight excluding hydrogens is 394 g/mol. The number of rotatable bonds is 8. The third kappa shape index (κ3) is 4.30. The average Bonchev–Trinajstić information content (AvgIpc) is 3.13. The molecular formula is C24H35N3O2S. The minimum absolute atomic E-state index is 0.0410. The summed E-state index contributed by atoms with van der Waals surface area (Å²) in [6, 6.07) is 0. The summed E-state index contributed by atoms with van der Waals surface area (Å²) in [7, 11) is 0. The molecule has 164 valence electrons. The lowest BCUT2D eigenvalue weighted by atomic mass is 9.49. The first-order chi connectivity index (χ1) is 14.6. The van der Waals surface area contributed by atoms with Crippen LogP contribution in [-0.2, 0) is 28.9 Å². The van der Waals surface area contributed by atoms with E-state index in [1.165, 1.54) is 54.1 Å². The van der Waals surface area contributed by atoms with Gasteiger partial charge in [-0.1, -0.05) is 0 Å². The largest absolute Gasteiger partial charge is 0.356 e. The van der Waals surface area contributed by atoms with E-state index in [2.05, 4.69) is 10.6 Å². The Morgan fingerprint density at radius 2 is 1.67 bits per heavy atom. The van der Waals surface area contributed by atoms with Crippen molar-refractivity contribution < 1.29 is 9.59 Å². The number of thiazole rings is 1. The minimum Gasteiger partial charge on any atom is -0.356 e. The van der Waals surface area contributed by atoms with Gasteiger partial charge >= 0.3 is 0 Å². The van der Waals surface area contributed by atoms with E-state index in [0.29, 0.717) is 19.5 Å². The zero-order valence-electron chi connectivity index (χ0n) is 18.0. The number of hydrogen-bond acceptors (Lipinski definition) is 4.